The molecule has 0 saturated carbocycles. The number of hydrogen-bond donors (Lipinski definition) is 3. The van der Waals surface area contributed by atoms with Crippen molar-refractivity contribution in [3.05, 3.63) is 95.2 Å². The zero-order chi connectivity index (χ0) is 32.8. The van der Waals surface area contributed by atoms with Crippen LogP contribution in [0.3, 0.4) is 0 Å². The summed E-state index contributed by atoms with van der Waals surface area (Å²) in [6.45, 7) is 10.1. The number of carbonyl (C=O) groups is 2. The second kappa shape index (κ2) is 14.2. The maximum Gasteiger partial charge on any atom is 0.324 e. The molecule has 9 heteroatoms. The summed E-state index contributed by atoms with van der Waals surface area (Å²) in [6, 6.07) is 22.8. The van der Waals surface area contributed by atoms with Crippen LogP contribution in [-0.2, 0) is 16.6 Å². The van der Waals surface area contributed by atoms with Crippen molar-refractivity contribution < 1.29 is 19.1 Å². The average Bonchev–Trinajstić information content (AvgIpc) is 3.47. The van der Waals surface area contributed by atoms with Gasteiger partial charge in [0, 0.05) is 29.5 Å². The van der Waals surface area contributed by atoms with E-state index in [4.69, 9.17) is 14.6 Å². The molecule has 1 aromatic heterocycles. The first-order valence-electron chi connectivity index (χ1n) is 15.9. The summed E-state index contributed by atoms with van der Waals surface area (Å²) in [5.41, 5.74) is 5.16. The van der Waals surface area contributed by atoms with Crippen LogP contribution in [0.1, 0.15) is 61.9 Å². The summed E-state index contributed by atoms with van der Waals surface area (Å²) in [6.07, 6.45) is 2.15. The van der Waals surface area contributed by atoms with Gasteiger partial charge in [0.05, 0.1) is 25.6 Å². The second-order valence-corrected chi connectivity index (χ2v) is 13.0. The van der Waals surface area contributed by atoms with Crippen molar-refractivity contribution in [3.63, 3.8) is 0 Å². The van der Waals surface area contributed by atoms with Gasteiger partial charge in [-0.05, 0) is 86.3 Å². The molecule has 1 aliphatic rings. The summed E-state index contributed by atoms with van der Waals surface area (Å²) < 4.78 is 12.6. The lowest BCUT2D eigenvalue weighted by Crippen LogP contribution is -2.34. The SMILES string of the molecule is COc1ccc(CC(=O)C(c2ccc(NC(=O)Nc3cc(C(C)(C)C)nn3-c3ccc(C)cc3)cc2)C2CCNCC2)cc1OC. The van der Waals surface area contributed by atoms with Gasteiger partial charge in [0.15, 0.2) is 11.5 Å². The van der Waals surface area contributed by atoms with Crippen molar-refractivity contribution in [2.24, 2.45) is 5.92 Å². The lowest BCUT2D eigenvalue weighted by molar-refractivity contribution is -0.121. The molecule has 2 amide bonds. The first-order chi connectivity index (χ1) is 22.0. The number of urea groups is 1. The normalized spacial score (nSPS) is 14.4. The first kappa shape index (κ1) is 32.8. The van der Waals surface area contributed by atoms with E-state index in [9.17, 15) is 9.59 Å². The van der Waals surface area contributed by atoms with Crippen molar-refractivity contribution in [1.82, 2.24) is 15.1 Å². The quantitative estimate of drug-likeness (QED) is 0.175. The molecule has 1 atom stereocenters. The minimum atomic E-state index is -0.374. The molecular formula is C37H45N5O4. The third-order valence-corrected chi connectivity index (χ3v) is 8.55. The Kier molecular flexibility index (Phi) is 10.1. The highest BCUT2D eigenvalue weighted by Crippen LogP contribution is 2.35. The fourth-order valence-electron chi connectivity index (χ4n) is 5.97. The summed E-state index contributed by atoms with van der Waals surface area (Å²) in [7, 11) is 3.19. The van der Waals surface area contributed by atoms with Crippen LogP contribution < -0.4 is 25.4 Å². The fourth-order valence-corrected chi connectivity index (χ4v) is 5.97. The Balaban J connectivity index is 1.33. The van der Waals surface area contributed by atoms with E-state index in [-0.39, 0.29) is 29.1 Å². The van der Waals surface area contributed by atoms with Crippen LogP contribution in [0.4, 0.5) is 16.3 Å². The minimum Gasteiger partial charge on any atom is -0.493 e. The van der Waals surface area contributed by atoms with E-state index in [1.165, 1.54) is 0 Å². The van der Waals surface area contributed by atoms with Crippen LogP contribution in [0.25, 0.3) is 5.69 Å². The summed E-state index contributed by atoms with van der Waals surface area (Å²) >= 11 is 0. The molecule has 1 aliphatic heterocycles. The minimum absolute atomic E-state index is 0.164. The Morgan fingerprint density at radius 2 is 1.59 bits per heavy atom. The van der Waals surface area contributed by atoms with Gasteiger partial charge < -0.3 is 20.1 Å². The van der Waals surface area contributed by atoms with Gasteiger partial charge in [-0.1, -0.05) is 56.7 Å². The Morgan fingerprint density at radius 1 is 0.913 bits per heavy atom. The summed E-state index contributed by atoms with van der Waals surface area (Å²) in [5, 5.41) is 14.2. The Labute approximate surface area is 271 Å². The molecule has 0 radical (unpaired) electrons. The highest BCUT2D eigenvalue weighted by Gasteiger charge is 2.31. The summed E-state index contributed by atoms with van der Waals surface area (Å²) in [4.78, 5) is 27.1. The van der Waals surface area contributed by atoms with Gasteiger partial charge in [0.1, 0.15) is 11.6 Å². The number of rotatable bonds is 10. The number of carbonyl (C=O) groups excluding carboxylic acids is 2. The van der Waals surface area contributed by atoms with E-state index in [2.05, 4.69) is 36.7 Å². The molecule has 1 saturated heterocycles. The van der Waals surface area contributed by atoms with Gasteiger partial charge in [-0.15, -0.1) is 0 Å². The van der Waals surface area contributed by atoms with Crippen molar-refractivity contribution in [2.45, 2.75) is 58.3 Å². The molecule has 242 valence electrons. The molecule has 4 aromatic rings. The third-order valence-electron chi connectivity index (χ3n) is 8.55. The standard InChI is InChI=1S/C37H45N5O4/c1-24-7-14-29(15-8-24)42-34(23-33(41-42)37(2,3)4)40-36(44)39-28-12-10-26(11-13-28)35(27-17-19-38-20-18-27)30(43)21-25-9-16-31(45-5)32(22-25)46-6/h7-16,22-23,27,35,38H,17-21H2,1-6H3,(H2,39,40,44). The maximum atomic E-state index is 13.9. The fraction of sp³-hybridized carbons (Fsp3) is 0.378. The number of methoxy groups -OCH3 is 2. The largest absolute Gasteiger partial charge is 0.493 e. The number of nitrogens with one attached hydrogen (secondary N) is 3. The molecule has 5 rings (SSSR count). The number of aromatic nitrogens is 2. The van der Waals surface area contributed by atoms with Crippen LogP contribution in [0, 0.1) is 12.8 Å². The number of hydrogen-bond acceptors (Lipinski definition) is 6. The van der Waals surface area contributed by atoms with Crippen LogP contribution in [0.2, 0.25) is 0 Å². The van der Waals surface area contributed by atoms with Crippen LogP contribution >= 0.6 is 0 Å². The maximum absolute atomic E-state index is 13.9. The molecule has 0 spiro atoms. The van der Waals surface area contributed by atoms with E-state index >= 15 is 0 Å². The number of Topliss-reactive ketones (excluding diaryl/α,β-unsaturated/α-hetero) is 1. The Hall–Kier alpha value is -4.63. The number of benzene rings is 3. The van der Waals surface area contributed by atoms with Gasteiger partial charge in [0.2, 0.25) is 0 Å². The molecular weight excluding hydrogens is 578 g/mol. The third kappa shape index (κ3) is 7.77. The number of piperidine rings is 1. The van der Waals surface area contributed by atoms with E-state index in [0.29, 0.717) is 29.4 Å². The summed E-state index contributed by atoms with van der Waals surface area (Å²) in [5.74, 6) is 1.96. The monoisotopic (exact) mass is 623 g/mol. The van der Waals surface area contributed by atoms with E-state index in [0.717, 1.165) is 54.0 Å². The number of aryl methyl sites for hydroxylation is 1. The topological polar surface area (TPSA) is 107 Å². The van der Waals surface area contributed by atoms with Crippen molar-refractivity contribution in [2.75, 3.05) is 37.9 Å². The lowest BCUT2D eigenvalue weighted by atomic mass is 9.76. The molecule has 3 N–H and O–H groups in total. The first-order valence-corrected chi connectivity index (χ1v) is 15.9. The number of amides is 2. The predicted octanol–water partition coefficient (Wildman–Crippen LogP) is 7.03. The molecule has 1 fully saturated rings. The number of anilines is 2. The van der Waals surface area contributed by atoms with E-state index in [1.807, 2.05) is 79.7 Å². The Bertz CT molecular complexity index is 1650. The molecule has 1 unspecified atom stereocenters. The van der Waals surface area contributed by atoms with Crippen molar-refractivity contribution in [3.8, 4) is 17.2 Å². The predicted molar refractivity (Wildman–Crippen MR) is 183 cm³/mol. The average molecular weight is 624 g/mol. The van der Waals surface area contributed by atoms with Crippen LogP contribution in [0.5, 0.6) is 11.5 Å². The highest BCUT2D eigenvalue weighted by atomic mass is 16.5. The zero-order valence-electron chi connectivity index (χ0n) is 27.6. The molecule has 0 bridgehead atoms. The smallest absolute Gasteiger partial charge is 0.324 e. The molecule has 3 aromatic carbocycles. The number of ketones is 1. The molecule has 9 nitrogen and oxygen atoms in total. The van der Waals surface area contributed by atoms with Gasteiger partial charge in [0.25, 0.3) is 0 Å². The van der Waals surface area contributed by atoms with Gasteiger partial charge >= 0.3 is 6.03 Å². The molecule has 46 heavy (non-hydrogen) atoms. The Morgan fingerprint density at radius 3 is 2.22 bits per heavy atom. The zero-order valence-corrected chi connectivity index (χ0v) is 27.6. The van der Waals surface area contributed by atoms with Crippen LogP contribution in [0.15, 0.2) is 72.8 Å². The van der Waals surface area contributed by atoms with Gasteiger partial charge in [-0.2, -0.15) is 5.10 Å². The van der Waals surface area contributed by atoms with E-state index in [1.54, 1.807) is 18.9 Å². The van der Waals surface area contributed by atoms with Crippen molar-refractivity contribution >= 4 is 23.3 Å². The molecule has 0 aliphatic carbocycles. The number of ether oxygens (including phenoxy) is 2. The number of nitrogens with zero attached hydrogens (tertiary/aromatic N) is 2. The van der Waals surface area contributed by atoms with Crippen LogP contribution in [-0.4, -0.2) is 48.9 Å². The van der Waals surface area contributed by atoms with Gasteiger partial charge in [-0.25, -0.2) is 9.48 Å². The second-order valence-electron chi connectivity index (χ2n) is 13.0. The molecule has 2 heterocycles. The van der Waals surface area contributed by atoms with Gasteiger partial charge in [-0.3, -0.25) is 10.1 Å². The van der Waals surface area contributed by atoms with Crippen molar-refractivity contribution in [1.29, 1.82) is 0 Å². The lowest BCUT2D eigenvalue weighted by Gasteiger charge is -2.30. The highest BCUT2D eigenvalue weighted by molar-refractivity contribution is 5.99. The van der Waals surface area contributed by atoms with E-state index < -0.39 is 0 Å².